The van der Waals surface area contributed by atoms with E-state index in [1.165, 1.54) is 37.5 Å². The van der Waals surface area contributed by atoms with Crippen LogP contribution in [0, 0.1) is 0 Å². The highest BCUT2D eigenvalue weighted by molar-refractivity contribution is 8.27. The third kappa shape index (κ3) is 3.93. The number of phenolic OH excluding ortho intramolecular Hbond substituents is 1. The van der Waals surface area contributed by atoms with Crippen LogP contribution in [-0.4, -0.2) is 22.4 Å². The molecule has 0 radical (unpaired) electrons. The summed E-state index contributed by atoms with van der Waals surface area (Å²) >= 11 is 6.17. The van der Waals surface area contributed by atoms with E-state index in [0.717, 1.165) is 28.8 Å². The molecule has 9 heteroatoms. The SMILES string of the molecule is COc1cc(/C=C2\SC(=S)N(c3cccc(C(F)(F)F)c3)C2=O)ccc1O. The molecule has 1 aliphatic rings. The average Bonchev–Trinajstić information content (AvgIpc) is 2.89. The fourth-order valence-electron chi connectivity index (χ4n) is 2.45. The van der Waals surface area contributed by atoms with E-state index in [1.54, 1.807) is 6.07 Å². The van der Waals surface area contributed by atoms with Crippen molar-refractivity contribution in [1.29, 1.82) is 0 Å². The molecule has 1 fully saturated rings. The number of thiocarbonyl (C=S) groups is 1. The number of alkyl halides is 3. The van der Waals surface area contributed by atoms with E-state index < -0.39 is 17.6 Å². The van der Waals surface area contributed by atoms with Gasteiger partial charge in [-0.15, -0.1) is 0 Å². The highest BCUT2D eigenvalue weighted by Crippen LogP contribution is 2.39. The van der Waals surface area contributed by atoms with Crippen molar-refractivity contribution in [2.24, 2.45) is 0 Å². The van der Waals surface area contributed by atoms with Crippen LogP contribution in [0.3, 0.4) is 0 Å². The molecule has 0 aromatic heterocycles. The number of thioether (sulfide) groups is 1. The van der Waals surface area contributed by atoms with Crippen LogP contribution in [-0.2, 0) is 11.0 Å². The Hall–Kier alpha value is -2.52. The summed E-state index contributed by atoms with van der Waals surface area (Å²) < 4.78 is 44.0. The van der Waals surface area contributed by atoms with Crippen molar-refractivity contribution in [3.63, 3.8) is 0 Å². The first kappa shape index (κ1) is 19.2. The van der Waals surface area contributed by atoms with E-state index in [2.05, 4.69) is 0 Å². The van der Waals surface area contributed by atoms with Gasteiger partial charge in [0.05, 0.1) is 23.3 Å². The van der Waals surface area contributed by atoms with E-state index in [-0.39, 0.29) is 26.4 Å². The summed E-state index contributed by atoms with van der Waals surface area (Å²) in [5.41, 5.74) is -0.227. The molecule has 0 atom stereocenters. The number of phenols is 1. The van der Waals surface area contributed by atoms with Gasteiger partial charge in [-0.2, -0.15) is 13.2 Å². The molecule has 1 N–H and O–H groups in total. The maximum absolute atomic E-state index is 12.9. The van der Waals surface area contributed by atoms with Crippen molar-refractivity contribution in [3.05, 3.63) is 58.5 Å². The highest BCUT2D eigenvalue weighted by Gasteiger charge is 2.36. The number of hydrogen-bond donors (Lipinski definition) is 1. The number of methoxy groups -OCH3 is 1. The van der Waals surface area contributed by atoms with Crippen LogP contribution in [0.4, 0.5) is 18.9 Å². The highest BCUT2D eigenvalue weighted by atomic mass is 32.2. The van der Waals surface area contributed by atoms with Gasteiger partial charge in [-0.05, 0) is 42.0 Å². The average molecular weight is 411 g/mol. The van der Waals surface area contributed by atoms with Crippen molar-refractivity contribution in [3.8, 4) is 11.5 Å². The zero-order chi connectivity index (χ0) is 19.8. The van der Waals surface area contributed by atoms with Gasteiger partial charge < -0.3 is 9.84 Å². The van der Waals surface area contributed by atoms with E-state index in [1.807, 2.05) is 0 Å². The molecule has 3 rings (SSSR count). The Morgan fingerprint density at radius 1 is 1.22 bits per heavy atom. The molecule has 1 aliphatic heterocycles. The second kappa shape index (κ2) is 7.24. The third-order valence-corrected chi connectivity index (χ3v) is 5.03. The zero-order valence-electron chi connectivity index (χ0n) is 13.8. The van der Waals surface area contributed by atoms with Crippen LogP contribution in [0.25, 0.3) is 6.08 Å². The summed E-state index contributed by atoms with van der Waals surface area (Å²) in [6, 6.07) is 8.97. The van der Waals surface area contributed by atoms with Crippen LogP contribution in [0.5, 0.6) is 11.5 Å². The minimum atomic E-state index is -4.52. The second-order valence-corrected chi connectivity index (χ2v) is 7.17. The first-order valence-corrected chi connectivity index (χ1v) is 8.75. The third-order valence-electron chi connectivity index (χ3n) is 3.73. The summed E-state index contributed by atoms with van der Waals surface area (Å²) in [5.74, 6) is -0.334. The molecular weight excluding hydrogens is 399 g/mol. The van der Waals surface area contributed by atoms with Crippen LogP contribution in [0.2, 0.25) is 0 Å². The fraction of sp³-hybridized carbons (Fsp3) is 0.111. The topological polar surface area (TPSA) is 49.8 Å². The molecule has 1 amide bonds. The summed E-state index contributed by atoms with van der Waals surface area (Å²) in [6.07, 6.45) is -2.98. The van der Waals surface area contributed by atoms with Gasteiger partial charge in [0, 0.05) is 0 Å². The summed E-state index contributed by atoms with van der Waals surface area (Å²) in [7, 11) is 1.39. The Labute approximate surface area is 162 Å². The van der Waals surface area contributed by atoms with E-state index in [9.17, 15) is 23.1 Å². The number of carbonyl (C=O) groups excluding carboxylic acids is 1. The van der Waals surface area contributed by atoms with Crippen LogP contribution in [0.1, 0.15) is 11.1 Å². The van der Waals surface area contributed by atoms with Crippen molar-refractivity contribution in [2.45, 2.75) is 6.18 Å². The van der Waals surface area contributed by atoms with Crippen LogP contribution in [0.15, 0.2) is 47.4 Å². The van der Waals surface area contributed by atoms with E-state index in [4.69, 9.17) is 17.0 Å². The number of anilines is 1. The van der Waals surface area contributed by atoms with Gasteiger partial charge in [-0.25, -0.2) is 0 Å². The molecule has 0 saturated carbocycles. The van der Waals surface area contributed by atoms with Gasteiger partial charge in [0.15, 0.2) is 15.8 Å². The number of hydrogen-bond acceptors (Lipinski definition) is 5. The first-order valence-electron chi connectivity index (χ1n) is 7.53. The summed E-state index contributed by atoms with van der Waals surface area (Å²) in [6.45, 7) is 0. The molecule has 1 heterocycles. The fourth-order valence-corrected chi connectivity index (χ4v) is 3.75. The number of carbonyl (C=O) groups is 1. The Balaban J connectivity index is 1.94. The number of amides is 1. The number of rotatable bonds is 3. The lowest BCUT2D eigenvalue weighted by Gasteiger charge is -2.16. The minimum absolute atomic E-state index is 0.0498. The van der Waals surface area contributed by atoms with E-state index >= 15 is 0 Å². The smallest absolute Gasteiger partial charge is 0.416 e. The maximum Gasteiger partial charge on any atom is 0.416 e. The quantitative estimate of drug-likeness (QED) is 0.579. The molecular formula is C18H12F3NO3S2. The van der Waals surface area contributed by atoms with E-state index in [0.29, 0.717) is 5.56 Å². The largest absolute Gasteiger partial charge is 0.504 e. The lowest BCUT2D eigenvalue weighted by atomic mass is 10.1. The van der Waals surface area contributed by atoms with Gasteiger partial charge in [0.2, 0.25) is 0 Å². The van der Waals surface area contributed by atoms with Gasteiger partial charge in [-0.3, -0.25) is 9.69 Å². The standard InChI is InChI=1S/C18H12F3NO3S2/c1-25-14-7-10(5-6-13(14)23)8-15-16(24)22(17(26)27-15)12-4-2-3-11(9-12)18(19,20)21/h2-9,23H,1H3/b15-8-. The monoisotopic (exact) mass is 411 g/mol. The first-order chi connectivity index (χ1) is 12.7. The van der Waals surface area contributed by atoms with Crippen molar-refractivity contribution in [2.75, 3.05) is 12.0 Å². The Kier molecular flexibility index (Phi) is 5.16. The normalized spacial score (nSPS) is 16.3. The number of aromatic hydroxyl groups is 1. The second-order valence-electron chi connectivity index (χ2n) is 5.50. The molecule has 0 spiro atoms. The Bertz CT molecular complexity index is 957. The molecule has 4 nitrogen and oxygen atoms in total. The molecule has 0 bridgehead atoms. The van der Waals surface area contributed by atoms with Crippen LogP contribution < -0.4 is 9.64 Å². The molecule has 140 valence electrons. The van der Waals surface area contributed by atoms with Gasteiger partial charge in [-0.1, -0.05) is 36.1 Å². The molecule has 0 aliphatic carbocycles. The predicted molar refractivity (Wildman–Crippen MR) is 102 cm³/mol. The van der Waals surface area contributed by atoms with Gasteiger partial charge >= 0.3 is 6.18 Å². The predicted octanol–water partition coefficient (Wildman–Crippen LogP) is 4.83. The zero-order valence-corrected chi connectivity index (χ0v) is 15.4. The number of benzene rings is 2. The Morgan fingerprint density at radius 3 is 2.63 bits per heavy atom. The summed E-state index contributed by atoms with van der Waals surface area (Å²) in [5, 5.41) is 9.63. The van der Waals surface area contributed by atoms with Crippen LogP contribution >= 0.6 is 24.0 Å². The minimum Gasteiger partial charge on any atom is -0.504 e. The lowest BCUT2D eigenvalue weighted by molar-refractivity contribution is -0.137. The summed E-state index contributed by atoms with van der Waals surface area (Å²) in [4.78, 5) is 14.0. The molecule has 1 saturated heterocycles. The van der Waals surface area contributed by atoms with Gasteiger partial charge in [0.25, 0.3) is 5.91 Å². The molecule has 2 aromatic rings. The van der Waals surface area contributed by atoms with Crippen molar-refractivity contribution >= 4 is 46.0 Å². The molecule has 0 unspecified atom stereocenters. The van der Waals surface area contributed by atoms with Gasteiger partial charge in [0.1, 0.15) is 0 Å². The number of halogens is 3. The molecule has 2 aromatic carbocycles. The van der Waals surface area contributed by atoms with Crippen molar-refractivity contribution in [1.82, 2.24) is 0 Å². The van der Waals surface area contributed by atoms with Crippen molar-refractivity contribution < 1.29 is 27.8 Å². The molecule has 27 heavy (non-hydrogen) atoms. The maximum atomic E-state index is 12.9. The number of nitrogens with zero attached hydrogens (tertiary/aromatic N) is 1. The number of ether oxygens (including phenoxy) is 1. The lowest BCUT2D eigenvalue weighted by Crippen LogP contribution is -2.27. The Morgan fingerprint density at radius 2 is 1.96 bits per heavy atom.